The van der Waals surface area contributed by atoms with Crippen molar-refractivity contribution in [3.8, 4) is 0 Å². The van der Waals surface area contributed by atoms with E-state index >= 15 is 0 Å². The molecule has 0 aliphatic heterocycles. The monoisotopic (exact) mass is 283 g/mol. The van der Waals surface area contributed by atoms with E-state index < -0.39 is 11.6 Å². The summed E-state index contributed by atoms with van der Waals surface area (Å²) in [4.78, 5) is 1.16. The lowest BCUT2D eigenvalue weighted by atomic mass is 10.1. The van der Waals surface area contributed by atoms with Crippen molar-refractivity contribution in [2.75, 3.05) is 0 Å². The number of fused-ring (bicyclic) bond motifs is 1. The number of thiophene rings is 1. The molecule has 0 radical (unpaired) electrons. The number of benzene rings is 1. The van der Waals surface area contributed by atoms with Gasteiger partial charge in [-0.15, -0.1) is 11.3 Å². The summed E-state index contributed by atoms with van der Waals surface area (Å²) in [5.41, 5.74) is 1.15. The van der Waals surface area contributed by atoms with Crippen LogP contribution in [0.15, 0.2) is 12.1 Å². The van der Waals surface area contributed by atoms with Gasteiger partial charge in [0.2, 0.25) is 0 Å². The second-order valence-corrected chi connectivity index (χ2v) is 6.86. The smallest absolute Gasteiger partial charge is 0.160 e. The molecule has 0 bridgehead atoms. The highest BCUT2D eigenvalue weighted by Gasteiger charge is 2.16. The molecular formula is C15H19F2NS. The van der Waals surface area contributed by atoms with Gasteiger partial charge in [-0.3, -0.25) is 0 Å². The second kappa shape index (κ2) is 5.17. The van der Waals surface area contributed by atoms with Crippen LogP contribution in [0.3, 0.4) is 0 Å². The molecule has 1 aromatic carbocycles. The van der Waals surface area contributed by atoms with Gasteiger partial charge in [0, 0.05) is 21.7 Å². The Hall–Kier alpha value is -1.00. The summed E-state index contributed by atoms with van der Waals surface area (Å²) in [6, 6.07) is 2.62. The van der Waals surface area contributed by atoms with Crippen LogP contribution >= 0.6 is 11.3 Å². The third-order valence-corrected chi connectivity index (χ3v) is 4.25. The zero-order valence-corrected chi connectivity index (χ0v) is 12.5. The van der Waals surface area contributed by atoms with Gasteiger partial charge < -0.3 is 5.32 Å². The topological polar surface area (TPSA) is 12.0 Å². The summed E-state index contributed by atoms with van der Waals surface area (Å²) in [6.07, 6.45) is 0.826. The van der Waals surface area contributed by atoms with Crippen molar-refractivity contribution in [1.29, 1.82) is 0 Å². The average molecular weight is 283 g/mol. The van der Waals surface area contributed by atoms with Gasteiger partial charge in [-0.25, -0.2) is 8.78 Å². The first-order valence-electron chi connectivity index (χ1n) is 6.46. The molecule has 1 nitrogen and oxygen atoms in total. The molecule has 0 fully saturated rings. The van der Waals surface area contributed by atoms with Crippen molar-refractivity contribution in [2.45, 2.75) is 46.2 Å². The van der Waals surface area contributed by atoms with E-state index in [2.05, 4.69) is 26.1 Å². The number of nitrogens with one attached hydrogen (secondary N) is 1. The van der Waals surface area contributed by atoms with Gasteiger partial charge >= 0.3 is 0 Å². The highest BCUT2D eigenvalue weighted by molar-refractivity contribution is 7.19. The Morgan fingerprint density at radius 2 is 1.79 bits per heavy atom. The average Bonchev–Trinajstić information content (AvgIpc) is 2.63. The van der Waals surface area contributed by atoms with Crippen LogP contribution in [0.1, 0.15) is 38.1 Å². The zero-order valence-electron chi connectivity index (χ0n) is 11.7. The molecule has 0 unspecified atom stereocenters. The van der Waals surface area contributed by atoms with Crippen LogP contribution in [-0.4, -0.2) is 5.54 Å². The Morgan fingerprint density at radius 3 is 2.37 bits per heavy atom. The third-order valence-electron chi connectivity index (χ3n) is 3.05. The first-order valence-corrected chi connectivity index (χ1v) is 7.28. The molecule has 0 amide bonds. The molecule has 1 heterocycles. The lowest BCUT2D eigenvalue weighted by molar-refractivity contribution is 0.426. The summed E-state index contributed by atoms with van der Waals surface area (Å²) in [6.45, 7) is 9.08. The molecule has 0 spiro atoms. The standard InChI is InChI=1S/C15H19F2NS/c1-5-9-10-6-11(16)12(17)7-13(10)19-14(9)8-18-15(2,3)4/h6-7,18H,5,8H2,1-4H3. The molecule has 0 saturated carbocycles. The van der Waals surface area contributed by atoms with Gasteiger partial charge in [0.15, 0.2) is 11.6 Å². The van der Waals surface area contributed by atoms with E-state index in [-0.39, 0.29) is 5.54 Å². The first kappa shape index (κ1) is 14.4. The summed E-state index contributed by atoms with van der Waals surface area (Å²) in [5.74, 6) is -1.54. The predicted molar refractivity (Wildman–Crippen MR) is 77.7 cm³/mol. The van der Waals surface area contributed by atoms with Crippen LogP contribution in [0.4, 0.5) is 8.78 Å². The van der Waals surface area contributed by atoms with Gasteiger partial charge in [0.05, 0.1) is 0 Å². The molecule has 1 aromatic heterocycles. The Labute approximate surface area is 116 Å². The minimum Gasteiger partial charge on any atom is -0.307 e. The van der Waals surface area contributed by atoms with E-state index in [1.807, 2.05) is 6.92 Å². The van der Waals surface area contributed by atoms with Crippen molar-refractivity contribution in [2.24, 2.45) is 0 Å². The maximum atomic E-state index is 13.4. The molecule has 2 rings (SSSR count). The van der Waals surface area contributed by atoms with E-state index in [4.69, 9.17) is 0 Å². The van der Waals surface area contributed by atoms with Crippen LogP contribution in [0.25, 0.3) is 10.1 Å². The molecule has 19 heavy (non-hydrogen) atoms. The normalized spacial score (nSPS) is 12.3. The van der Waals surface area contributed by atoms with E-state index in [9.17, 15) is 8.78 Å². The molecule has 0 aliphatic carbocycles. The molecule has 0 saturated heterocycles. The summed E-state index contributed by atoms with van der Waals surface area (Å²) >= 11 is 1.54. The van der Waals surface area contributed by atoms with Gasteiger partial charge in [0.1, 0.15) is 0 Å². The minimum atomic E-state index is -0.772. The van der Waals surface area contributed by atoms with Crippen LogP contribution in [0.5, 0.6) is 0 Å². The van der Waals surface area contributed by atoms with Gasteiger partial charge in [-0.1, -0.05) is 6.92 Å². The van der Waals surface area contributed by atoms with Gasteiger partial charge in [0.25, 0.3) is 0 Å². The van der Waals surface area contributed by atoms with Crippen LogP contribution in [0.2, 0.25) is 0 Å². The van der Waals surface area contributed by atoms with Crippen molar-refractivity contribution in [1.82, 2.24) is 5.32 Å². The van der Waals surface area contributed by atoms with E-state index in [1.165, 1.54) is 12.1 Å². The van der Waals surface area contributed by atoms with Gasteiger partial charge in [-0.05, 0) is 50.3 Å². The van der Waals surface area contributed by atoms with Crippen LogP contribution in [-0.2, 0) is 13.0 Å². The number of aryl methyl sites for hydroxylation is 1. The fourth-order valence-electron chi connectivity index (χ4n) is 2.07. The summed E-state index contributed by atoms with van der Waals surface area (Å²) in [7, 11) is 0. The zero-order chi connectivity index (χ0) is 14.2. The number of halogens is 2. The van der Waals surface area contributed by atoms with Crippen LogP contribution < -0.4 is 5.32 Å². The Bertz CT molecular complexity index is 596. The number of hydrogen-bond acceptors (Lipinski definition) is 2. The Kier molecular flexibility index (Phi) is 3.92. The predicted octanol–water partition coefficient (Wildman–Crippen LogP) is 4.63. The second-order valence-electron chi connectivity index (χ2n) is 5.72. The van der Waals surface area contributed by atoms with Crippen molar-refractivity contribution in [3.63, 3.8) is 0 Å². The number of rotatable bonds is 3. The largest absolute Gasteiger partial charge is 0.307 e. The molecule has 104 valence electrons. The fourth-order valence-corrected chi connectivity index (χ4v) is 3.31. The maximum Gasteiger partial charge on any atom is 0.160 e. The van der Waals surface area contributed by atoms with Gasteiger partial charge in [-0.2, -0.15) is 0 Å². The van der Waals surface area contributed by atoms with Crippen molar-refractivity contribution >= 4 is 21.4 Å². The van der Waals surface area contributed by atoms with E-state index in [0.717, 1.165) is 33.5 Å². The minimum absolute atomic E-state index is 0.0255. The number of hydrogen-bond donors (Lipinski definition) is 1. The van der Waals surface area contributed by atoms with Crippen LogP contribution in [0, 0.1) is 11.6 Å². The Balaban J connectivity index is 2.44. The molecular weight excluding hydrogens is 264 g/mol. The highest BCUT2D eigenvalue weighted by atomic mass is 32.1. The lowest BCUT2D eigenvalue weighted by Crippen LogP contribution is -2.35. The SMILES string of the molecule is CCc1c(CNC(C)(C)C)sc2cc(F)c(F)cc12. The quantitative estimate of drug-likeness (QED) is 0.866. The first-order chi connectivity index (χ1) is 8.81. The van der Waals surface area contributed by atoms with E-state index in [0.29, 0.717) is 0 Å². The third kappa shape index (κ3) is 3.12. The molecule has 2 aromatic rings. The molecule has 0 atom stereocenters. The van der Waals surface area contributed by atoms with E-state index in [1.54, 1.807) is 11.3 Å². The summed E-state index contributed by atoms with van der Waals surface area (Å²) < 4.78 is 27.5. The molecule has 1 N–H and O–H groups in total. The van der Waals surface area contributed by atoms with Crippen molar-refractivity contribution in [3.05, 3.63) is 34.2 Å². The Morgan fingerprint density at radius 1 is 1.16 bits per heavy atom. The maximum absolute atomic E-state index is 13.4. The summed E-state index contributed by atoms with van der Waals surface area (Å²) in [5, 5.41) is 4.27. The van der Waals surface area contributed by atoms with Crippen molar-refractivity contribution < 1.29 is 8.78 Å². The molecule has 0 aliphatic rings. The highest BCUT2D eigenvalue weighted by Crippen LogP contribution is 2.33. The fraction of sp³-hybridized carbons (Fsp3) is 0.467. The molecule has 4 heteroatoms. The lowest BCUT2D eigenvalue weighted by Gasteiger charge is -2.20.